The third kappa shape index (κ3) is 2.06. The summed E-state index contributed by atoms with van der Waals surface area (Å²) < 4.78 is 4.68. The molecule has 1 aromatic heterocycles. The van der Waals surface area contributed by atoms with Crippen LogP contribution in [0.5, 0.6) is 0 Å². The van der Waals surface area contributed by atoms with Crippen molar-refractivity contribution in [2.75, 3.05) is 7.11 Å². The molecule has 4 nitrogen and oxygen atoms in total. The van der Waals surface area contributed by atoms with Crippen molar-refractivity contribution >= 4 is 5.97 Å². The molecule has 1 aromatic carbocycles. The zero-order valence-electron chi connectivity index (χ0n) is 10.1. The van der Waals surface area contributed by atoms with Crippen LogP contribution in [0.25, 0.3) is 11.4 Å². The third-order valence-electron chi connectivity index (χ3n) is 2.66. The largest absolute Gasteiger partial charge is 0.464 e. The van der Waals surface area contributed by atoms with Gasteiger partial charge in [0.05, 0.1) is 7.11 Å². The maximum absolute atomic E-state index is 11.5. The van der Waals surface area contributed by atoms with Crippen LogP contribution in [0.4, 0.5) is 0 Å². The van der Waals surface area contributed by atoms with E-state index in [1.54, 1.807) is 6.92 Å². The molecule has 2 aromatic rings. The van der Waals surface area contributed by atoms with Crippen LogP contribution in [0.15, 0.2) is 24.3 Å². The molecule has 0 aliphatic carbocycles. The Bertz CT molecular complexity index is 558. The zero-order valence-corrected chi connectivity index (χ0v) is 10.1. The van der Waals surface area contributed by atoms with E-state index < -0.39 is 5.97 Å². The van der Waals surface area contributed by atoms with Gasteiger partial charge in [0, 0.05) is 11.3 Å². The summed E-state index contributed by atoms with van der Waals surface area (Å²) in [6.45, 7) is 3.81. The van der Waals surface area contributed by atoms with Gasteiger partial charge in [-0.1, -0.05) is 24.3 Å². The molecular weight excluding hydrogens is 216 g/mol. The van der Waals surface area contributed by atoms with Crippen LogP contribution in [-0.2, 0) is 4.74 Å². The lowest BCUT2D eigenvalue weighted by molar-refractivity contribution is 0.0594. The number of aromatic nitrogens is 2. The number of hydrogen-bond donors (Lipinski definition) is 1. The van der Waals surface area contributed by atoms with Gasteiger partial charge in [-0.15, -0.1) is 0 Å². The third-order valence-corrected chi connectivity index (χ3v) is 2.66. The maximum Gasteiger partial charge on any atom is 0.358 e. The molecule has 0 aliphatic heterocycles. The molecular formula is C13H14N2O2. The number of aromatic amines is 1. The minimum Gasteiger partial charge on any atom is -0.464 e. The van der Waals surface area contributed by atoms with Crippen LogP contribution >= 0.6 is 0 Å². The summed E-state index contributed by atoms with van der Waals surface area (Å²) in [6, 6.07) is 7.88. The number of H-pyrrole nitrogens is 1. The first kappa shape index (κ1) is 11.4. The normalized spacial score (nSPS) is 10.3. The molecule has 1 heterocycles. The minimum atomic E-state index is -0.418. The lowest BCUT2D eigenvalue weighted by Crippen LogP contribution is -2.03. The number of ether oxygens (including phenoxy) is 1. The number of carbonyl (C=O) groups excluding carboxylic acids is 1. The lowest BCUT2D eigenvalue weighted by Gasteiger charge is -2.00. The Hall–Kier alpha value is -2.10. The van der Waals surface area contributed by atoms with E-state index >= 15 is 0 Å². The first-order chi connectivity index (χ1) is 8.13. The Morgan fingerprint density at radius 1 is 1.29 bits per heavy atom. The van der Waals surface area contributed by atoms with Crippen LogP contribution in [0.3, 0.4) is 0 Å². The highest BCUT2D eigenvalue weighted by Gasteiger charge is 2.16. The molecule has 0 saturated heterocycles. The molecule has 0 atom stereocenters. The number of methoxy groups -OCH3 is 1. The highest BCUT2D eigenvalue weighted by Crippen LogP contribution is 2.21. The fraction of sp³-hybridized carbons (Fsp3) is 0.231. The predicted octanol–water partition coefficient (Wildman–Crippen LogP) is 2.48. The first-order valence-electron chi connectivity index (χ1n) is 5.34. The van der Waals surface area contributed by atoms with Crippen molar-refractivity contribution in [3.05, 3.63) is 41.2 Å². The van der Waals surface area contributed by atoms with E-state index in [0.29, 0.717) is 11.5 Å². The Labute approximate surface area is 99.7 Å². The molecule has 88 valence electrons. The first-order valence-corrected chi connectivity index (χ1v) is 5.34. The van der Waals surface area contributed by atoms with Crippen LogP contribution < -0.4 is 0 Å². The molecule has 17 heavy (non-hydrogen) atoms. The summed E-state index contributed by atoms with van der Waals surface area (Å²) in [4.78, 5) is 18.8. The van der Waals surface area contributed by atoms with Crippen molar-refractivity contribution in [1.29, 1.82) is 0 Å². The molecule has 0 bridgehead atoms. The minimum absolute atomic E-state index is 0.339. The van der Waals surface area contributed by atoms with Gasteiger partial charge in [-0.2, -0.15) is 0 Å². The number of benzene rings is 1. The second kappa shape index (κ2) is 4.41. The number of nitrogens with one attached hydrogen (secondary N) is 1. The number of carbonyl (C=O) groups is 1. The van der Waals surface area contributed by atoms with Gasteiger partial charge in [0.1, 0.15) is 5.82 Å². The molecule has 1 N–H and O–H groups in total. The number of aryl methyl sites for hydroxylation is 2. The Kier molecular flexibility index (Phi) is 2.95. The summed E-state index contributed by atoms with van der Waals surface area (Å²) in [6.07, 6.45) is 0. The molecule has 0 spiro atoms. The van der Waals surface area contributed by atoms with E-state index in [1.165, 1.54) is 7.11 Å². The van der Waals surface area contributed by atoms with E-state index in [4.69, 9.17) is 0 Å². The fourth-order valence-electron chi connectivity index (χ4n) is 1.72. The van der Waals surface area contributed by atoms with Gasteiger partial charge < -0.3 is 9.72 Å². The Balaban J connectivity index is 2.49. The lowest BCUT2D eigenvalue weighted by atomic mass is 10.1. The average molecular weight is 230 g/mol. The number of nitrogens with zero attached hydrogens (tertiary/aromatic N) is 1. The topological polar surface area (TPSA) is 55.0 Å². The second-order valence-corrected chi connectivity index (χ2v) is 3.87. The summed E-state index contributed by atoms with van der Waals surface area (Å²) in [5, 5.41) is 0. The second-order valence-electron chi connectivity index (χ2n) is 3.87. The van der Waals surface area contributed by atoms with E-state index in [0.717, 1.165) is 16.8 Å². The molecule has 4 heteroatoms. The predicted molar refractivity (Wildman–Crippen MR) is 64.8 cm³/mol. The molecule has 0 unspecified atom stereocenters. The standard InChI is InChI=1S/C13H14N2O2/c1-8-6-4-5-7-10(8)12-14-9(2)11(15-12)13(16)17-3/h4-7H,1-3H3,(H,14,15). The van der Waals surface area contributed by atoms with Crippen LogP contribution in [-0.4, -0.2) is 23.0 Å². The number of rotatable bonds is 2. The van der Waals surface area contributed by atoms with Gasteiger partial charge in [0.2, 0.25) is 0 Å². The molecule has 0 amide bonds. The SMILES string of the molecule is COC(=O)c1nc(-c2ccccc2C)[nH]c1C. The molecule has 0 saturated carbocycles. The summed E-state index contributed by atoms with van der Waals surface area (Å²) in [5.74, 6) is 0.277. The van der Waals surface area contributed by atoms with Crippen molar-refractivity contribution in [3.8, 4) is 11.4 Å². The summed E-state index contributed by atoms with van der Waals surface area (Å²) in [5.41, 5.74) is 3.16. The van der Waals surface area contributed by atoms with E-state index in [9.17, 15) is 4.79 Å². The van der Waals surface area contributed by atoms with Crippen molar-refractivity contribution in [2.24, 2.45) is 0 Å². The average Bonchev–Trinajstić information content (AvgIpc) is 2.71. The highest BCUT2D eigenvalue weighted by molar-refractivity contribution is 5.89. The van der Waals surface area contributed by atoms with E-state index in [2.05, 4.69) is 14.7 Å². The zero-order chi connectivity index (χ0) is 12.4. The van der Waals surface area contributed by atoms with Crippen molar-refractivity contribution in [1.82, 2.24) is 9.97 Å². The van der Waals surface area contributed by atoms with Gasteiger partial charge in [0.25, 0.3) is 0 Å². The summed E-state index contributed by atoms with van der Waals surface area (Å²) in [7, 11) is 1.35. The quantitative estimate of drug-likeness (QED) is 0.806. The maximum atomic E-state index is 11.5. The van der Waals surface area contributed by atoms with Gasteiger partial charge in [-0.3, -0.25) is 0 Å². The van der Waals surface area contributed by atoms with Gasteiger partial charge in [-0.05, 0) is 19.4 Å². The monoisotopic (exact) mass is 230 g/mol. The smallest absolute Gasteiger partial charge is 0.358 e. The van der Waals surface area contributed by atoms with E-state index in [-0.39, 0.29) is 0 Å². The molecule has 0 radical (unpaired) electrons. The highest BCUT2D eigenvalue weighted by atomic mass is 16.5. The Morgan fingerprint density at radius 3 is 2.65 bits per heavy atom. The van der Waals surface area contributed by atoms with Crippen LogP contribution in [0, 0.1) is 13.8 Å². The van der Waals surface area contributed by atoms with Crippen LogP contribution in [0.1, 0.15) is 21.7 Å². The van der Waals surface area contributed by atoms with Gasteiger partial charge in [-0.25, -0.2) is 9.78 Å². The molecule has 0 fully saturated rings. The number of hydrogen-bond acceptors (Lipinski definition) is 3. The molecule has 0 aliphatic rings. The van der Waals surface area contributed by atoms with Gasteiger partial charge >= 0.3 is 5.97 Å². The number of imidazole rings is 1. The van der Waals surface area contributed by atoms with E-state index in [1.807, 2.05) is 31.2 Å². The Morgan fingerprint density at radius 2 is 2.00 bits per heavy atom. The van der Waals surface area contributed by atoms with Gasteiger partial charge in [0.15, 0.2) is 5.69 Å². The van der Waals surface area contributed by atoms with Crippen molar-refractivity contribution < 1.29 is 9.53 Å². The number of esters is 1. The van der Waals surface area contributed by atoms with Crippen molar-refractivity contribution in [2.45, 2.75) is 13.8 Å². The van der Waals surface area contributed by atoms with Crippen molar-refractivity contribution in [3.63, 3.8) is 0 Å². The molecule has 2 rings (SSSR count). The van der Waals surface area contributed by atoms with Crippen LogP contribution in [0.2, 0.25) is 0 Å². The summed E-state index contributed by atoms with van der Waals surface area (Å²) >= 11 is 0. The fourth-order valence-corrected chi connectivity index (χ4v) is 1.72.